The summed E-state index contributed by atoms with van der Waals surface area (Å²) in [6.45, 7) is 13.2. The summed E-state index contributed by atoms with van der Waals surface area (Å²) >= 11 is 0. The van der Waals surface area contributed by atoms with E-state index in [0.717, 1.165) is 37.5 Å². The van der Waals surface area contributed by atoms with Crippen molar-refractivity contribution in [3.05, 3.63) is 82.9 Å². The Balaban J connectivity index is 0.000000419. The number of carbonyl (C=O) groups excluding carboxylic acids is 10. The molecule has 6 rings (SSSR count). The van der Waals surface area contributed by atoms with Crippen LogP contribution < -0.4 is 43.4 Å². The normalized spacial score (nSPS) is 12.9. The topological polar surface area (TPSA) is 376 Å². The number of hydrogen-bond donors (Lipinski definition) is 10. The highest BCUT2D eigenvalue weighted by Gasteiger charge is 2.35. The van der Waals surface area contributed by atoms with Gasteiger partial charge in [-0.15, -0.1) is 0 Å². The van der Waals surface area contributed by atoms with Gasteiger partial charge in [0.2, 0.25) is 35.4 Å². The van der Waals surface area contributed by atoms with Crippen LogP contribution in [0, 0.1) is 0 Å². The van der Waals surface area contributed by atoms with Gasteiger partial charge in [0.15, 0.2) is 0 Å². The third-order valence-electron chi connectivity index (χ3n) is 13.3. The molecule has 0 saturated carbocycles. The number of unbranched alkanes of at least 4 members (excludes halogenated alkanes) is 5. The summed E-state index contributed by atoms with van der Waals surface area (Å²) in [5.74, 6) is -4.73. The Morgan fingerprint density at radius 3 is 1.26 bits per heavy atom. The van der Waals surface area contributed by atoms with Crippen LogP contribution >= 0.6 is 0 Å². The largest absolute Gasteiger partial charge is 0.480 e. The minimum Gasteiger partial charge on any atom is -0.480 e. The first kappa shape index (κ1) is 72.3. The highest BCUT2D eigenvalue weighted by molar-refractivity contribution is 6.28. The average Bonchev–Trinajstić information content (AvgIpc) is 2.40. The minimum atomic E-state index is -1.03. The molecule has 10 amide bonds. The highest BCUT2D eigenvalue weighted by Crippen LogP contribution is 2.36. The van der Waals surface area contributed by atoms with Crippen molar-refractivity contribution in [1.82, 2.24) is 36.4 Å². The highest BCUT2D eigenvalue weighted by atomic mass is 16.4. The molecule has 464 valence electrons. The molecule has 0 fully saturated rings. The van der Waals surface area contributed by atoms with Crippen LogP contribution in [0.1, 0.15) is 181 Å². The summed E-state index contributed by atoms with van der Waals surface area (Å²) in [5.41, 5.74) is 14.3. The van der Waals surface area contributed by atoms with E-state index in [2.05, 4.69) is 31.9 Å². The number of nitrogens with one attached hydrogen (secondary N) is 6. The Labute approximate surface area is 496 Å². The first-order valence-electron chi connectivity index (χ1n) is 28.3. The molecule has 2 heterocycles. The molecule has 4 aromatic rings. The van der Waals surface area contributed by atoms with Crippen LogP contribution in [0.15, 0.2) is 60.7 Å². The smallest absolute Gasteiger partial charge is 0.326 e. The van der Waals surface area contributed by atoms with Gasteiger partial charge in [-0.05, 0) is 114 Å². The fourth-order valence-electron chi connectivity index (χ4n) is 9.17. The lowest BCUT2D eigenvalue weighted by atomic mass is 9.92. The fraction of sp³-hybridized carbons (Fsp3) is 0.475. The van der Waals surface area contributed by atoms with Gasteiger partial charge in [-0.3, -0.25) is 57.7 Å². The van der Waals surface area contributed by atoms with Crippen LogP contribution in [-0.4, -0.2) is 142 Å². The summed E-state index contributed by atoms with van der Waals surface area (Å²) in [5, 5.41) is 35.6. The second kappa shape index (κ2) is 36.7. The van der Waals surface area contributed by atoms with E-state index in [1.165, 1.54) is 44.4 Å². The molecule has 0 saturated heterocycles. The number of aliphatic carboxylic acids is 2. The van der Waals surface area contributed by atoms with Gasteiger partial charge in [-0.2, -0.15) is 0 Å². The van der Waals surface area contributed by atoms with E-state index in [0.29, 0.717) is 134 Å². The number of carboxylic acids is 2. The van der Waals surface area contributed by atoms with E-state index in [9.17, 15) is 57.5 Å². The minimum absolute atomic E-state index is 0. The Morgan fingerprint density at radius 1 is 0.482 bits per heavy atom. The maximum Gasteiger partial charge on any atom is 0.326 e. The average molecular weight is 1180 g/mol. The van der Waals surface area contributed by atoms with Gasteiger partial charge in [0.05, 0.1) is 0 Å². The van der Waals surface area contributed by atoms with Crippen LogP contribution in [0.4, 0.5) is 11.4 Å². The molecular weight excluding hydrogens is 1100 g/mol. The molecule has 2 unspecified atom stereocenters. The molecule has 0 radical (unpaired) electrons. The lowest BCUT2D eigenvalue weighted by molar-refractivity contribution is -0.142. The van der Waals surface area contributed by atoms with Crippen molar-refractivity contribution in [2.45, 2.75) is 157 Å². The zero-order valence-corrected chi connectivity index (χ0v) is 49.1. The summed E-state index contributed by atoms with van der Waals surface area (Å²) in [4.78, 5) is 143. The third kappa shape index (κ3) is 22.4. The first-order valence-corrected chi connectivity index (χ1v) is 28.3. The van der Waals surface area contributed by atoms with Gasteiger partial charge in [-0.25, -0.2) is 9.59 Å². The molecule has 12 N–H and O–H groups in total. The Bertz CT molecular complexity index is 2990. The molecule has 0 spiro atoms. The van der Waals surface area contributed by atoms with Gasteiger partial charge >= 0.3 is 11.9 Å². The Morgan fingerprint density at radius 2 is 0.859 bits per heavy atom. The van der Waals surface area contributed by atoms with E-state index < -0.39 is 36.0 Å². The molecule has 24 heteroatoms. The van der Waals surface area contributed by atoms with Gasteiger partial charge in [0.1, 0.15) is 18.1 Å². The molecule has 85 heavy (non-hydrogen) atoms. The van der Waals surface area contributed by atoms with Crippen LogP contribution in [0.25, 0.3) is 21.5 Å². The Hall–Kier alpha value is -8.80. The number of hydrogen-bond acceptors (Lipinski definition) is 14. The van der Waals surface area contributed by atoms with Crippen molar-refractivity contribution in [3.8, 4) is 0 Å². The summed E-state index contributed by atoms with van der Waals surface area (Å²) in [6.07, 6.45) is 8.68. The van der Waals surface area contributed by atoms with Crippen molar-refractivity contribution in [1.29, 1.82) is 0 Å². The van der Waals surface area contributed by atoms with Gasteiger partial charge < -0.3 is 53.6 Å². The van der Waals surface area contributed by atoms with Crippen molar-refractivity contribution in [2.75, 3.05) is 43.8 Å². The van der Waals surface area contributed by atoms with E-state index in [1.807, 2.05) is 26.0 Å². The van der Waals surface area contributed by atoms with Crippen molar-refractivity contribution < 1.29 is 67.7 Å². The molecular formula is C61H86N10O14. The number of benzene rings is 4. The molecule has 4 aromatic carbocycles. The van der Waals surface area contributed by atoms with Crippen LogP contribution in [-0.2, 0) is 38.4 Å². The van der Waals surface area contributed by atoms with E-state index >= 15 is 0 Å². The first-order chi connectivity index (χ1) is 39.9. The van der Waals surface area contributed by atoms with Gasteiger partial charge in [-0.1, -0.05) is 58.4 Å². The van der Waals surface area contributed by atoms with Crippen LogP contribution in [0.3, 0.4) is 0 Å². The predicted octanol–water partition coefficient (Wildman–Crippen LogP) is 6.03. The standard InChI is InChI=1S/C26H32N4O5.C16H16N2O2.C10H18N2O4.C8H16N2O3.CH4/c1-4-5-15-30-25(34)19-10-8-9-18-21(13-12-20(23(18)19)26(30)35)29-24(33)22(28-17(3)32)11-6-7-14-27-16(2)31;1-2-3-9-18-15(19)11-6-4-5-10-13(17)8-7-12(14(10)11)16(18)20;1-7(13)11-6-4-3-5-9(10(15)16)12-8(2)14;1-6(11)10-7(8(12)13)4-2-3-5-9;/h8-10,12-13,22H,4-7,11,14-15H2,1-3H3,(H,27,31)(H,28,32)(H,29,33);4-8H,2-3,9,17H2,1H3;9H,3-6H2,1-2H3,(H,11,13)(H,12,14)(H,15,16);7H,2-5,9H2,1H3,(H,10,11)(H,12,13);1H4/t;;;7-;/m...0./s1. The molecule has 24 nitrogen and oxygen atoms in total. The number of anilines is 2. The fourth-order valence-corrected chi connectivity index (χ4v) is 9.17. The van der Waals surface area contributed by atoms with Crippen LogP contribution in [0.5, 0.6) is 0 Å². The molecule has 3 atom stereocenters. The van der Waals surface area contributed by atoms with E-state index in [-0.39, 0.29) is 60.6 Å². The monoisotopic (exact) mass is 1180 g/mol. The molecule has 2 aliphatic rings. The summed E-state index contributed by atoms with van der Waals surface area (Å²) in [7, 11) is 0. The number of nitrogens with zero attached hydrogens (tertiary/aromatic N) is 2. The number of imide groups is 2. The van der Waals surface area contributed by atoms with Gasteiger partial charge in [0.25, 0.3) is 23.6 Å². The maximum atomic E-state index is 13.1. The summed E-state index contributed by atoms with van der Waals surface area (Å²) < 4.78 is 0. The lowest BCUT2D eigenvalue weighted by Crippen LogP contribution is -2.43. The number of rotatable bonds is 27. The molecule has 0 aliphatic carbocycles. The number of nitrogens with two attached hydrogens (primary N) is 2. The zero-order chi connectivity index (χ0) is 62.6. The number of carbonyl (C=O) groups is 12. The van der Waals surface area contributed by atoms with Crippen molar-refractivity contribution >= 4 is 104 Å². The van der Waals surface area contributed by atoms with Crippen molar-refractivity contribution in [3.63, 3.8) is 0 Å². The SMILES string of the molecule is C.CC(=O)NCCCCC(NC(C)=O)C(=O)O.CC(=O)N[C@@H](CCCCN)C(=O)O.CCCCN1C(=O)c2cccc3c(N)ccc(c23)C1=O.CCCCN1C(=O)c2cccc3c(NC(=O)C(CCCCNC(C)=O)NC(C)=O)ccc(c23)C1=O. The quantitative estimate of drug-likeness (QED) is 0.0185. The lowest BCUT2D eigenvalue weighted by Gasteiger charge is -2.28. The van der Waals surface area contributed by atoms with E-state index in [4.69, 9.17) is 21.7 Å². The van der Waals surface area contributed by atoms with E-state index in [1.54, 1.807) is 48.5 Å². The zero-order valence-electron chi connectivity index (χ0n) is 49.1. The second-order valence-corrected chi connectivity index (χ2v) is 20.2. The van der Waals surface area contributed by atoms with Crippen molar-refractivity contribution in [2.24, 2.45) is 5.73 Å². The number of carboxylic acid groups (broad SMARTS) is 2. The molecule has 0 aromatic heterocycles. The number of amides is 10. The predicted molar refractivity (Wildman–Crippen MR) is 324 cm³/mol. The maximum absolute atomic E-state index is 13.1. The number of nitrogen functional groups attached to an aromatic ring is 1. The van der Waals surface area contributed by atoms with Crippen LogP contribution in [0.2, 0.25) is 0 Å². The van der Waals surface area contributed by atoms with Gasteiger partial charge in [0, 0.05) is 116 Å². The molecule has 2 aliphatic heterocycles. The Kier molecular flexibility index (Phi) is 31.2. The third-order valence-corrected chi connectivity index (χ3v) is 13.3. The molecule has 0 bridgehead atoms. The summed E-state index contributed by atoms with van der Waals surface area (Å²) in [6, 6.07) is 15.0. The second-order valence-electron chi connectivity index (χ2n) is 20.2.